The Labute approximate surface area is 137 Å². The first-order valence-electron chi connectivity index (χ1n) is 7.16. The number of nitrogens with two attached hydrogens (primary N) is 1. The summed E-state index contributed by atoms with van der Waals surface area (Å²) in [4.78, 5) is 41.1. The van der Waals surface area contributed by atoms with Crippen LogP contribution < -0.4 is 5.73 Å². The van der Waals surface area contributed by atoms with Gasteiger partial charge in [-0.3, -0.25) is 14.4 Å². The highest BCUT2D eigenvalue weighted by Crippen LogP contribution is 2.47. The number of aryl methyl sites for hydroxylation is 1. The molecule has 1 heterocycles. The maximum absolute atomic E-state index is 12.4. The van der Waals surface area contributed by atoms with Crippen molar-refractivity contribution in [3.63, 3.8) is 0 Å². The molecule has 2 rings (SSSR count). The van der Waals surface area contributed by atoms with Crippen LogP contribution in [0.5, 0.6) is 0 Å². The van der Waals surface area contributed by atoms with Crippen LogP contribution in [0.15, 0.2) is 5.38 Å². The number of carbonyl (C=O) groups excluding carboxylic acids is 3. The van der Waals surface area contributed by atoms with E-state index in [9.17, 15) is 19.6 Å². The lowest BCUT2D eigenvalue weighted by atomic mass is 9.61. The number of ketones is 1. The summed E-state index contributed by atoms with van der Waals surface area (Å²) in [6.45, 7) is 3.37. The predicted molar refractivity (Wildman–Crippen MR) is 81.3 cm³/mol. The van der Waals surface area contributed by atoms with E-state index in [-0.39, 0.29) is 25.9 Å². The first-order chi connectivity index (χ1) is 10.8. The standard InChI is InChI=1S/C15H17N3O4S/c1-3-22-13(21)15(11(17)20)7-14(8-16,5-4-10(15)19)12-18-9(2)6-23-12/h6H,3-5,7H2,1-2H3,(H2,17,20). The highest BCUT2D eigenvalue weighted by molar-refractivity contribution is 7.09. The van der Waals surface area contributed by atoms with Crippen LogP contribution in [0.1, 0.15) is 36.9 Å². The normalized spacial score (nSPS) is 27.3. The van der Waals surface area contributed by atoms with E-state index in [0.29, 0.717) is 5.01 Å². The molecule has 0 spiro atoms. The molecule has 0 aromatic carbocycles. The third-order valence-electron chi connectivity index (χ3n) is 4.11. The SMILES string of the molecule is CCOC(=O)C1(C(N)=O)CC(C#N)(c2nc(C)cs2)CCC1=O. The van der Waals surface area contributed by atoms with Crippen LogP contribution in [-0.2, 0) is 24.5 Å². The number of hydrogen-bond acceptors (Lipinski definition) is 7. The minimum Gasteiger partial charge on any atom is -0.465 e. The Bertz CT molecular complexity index is 708. The molecule has 2 atom stereocenters. The second-order valence-electron chi connectivity index (χ2n) is 5.58. The second-order valence-corrected chi connectivity index (χ2v) is 6.44. The van der Waals surface area contributed by atoms with Crippen molar-refractivity contribution in [2.45, 2.75) is 38.5 Å². The van der Waals surface area contributed by atoms with Crippen LogP contribution in [0.4, 0.5) is 0 Å². The van der Waals surface area contributed by atoms with Gasteiger partial charge < -0.3 is 10.5 Å². The molecule has 1 amide bonds. The molecule has 1 saturated carbocycles. The van der Waals surface area contributed by atoms with Crippen LogP contribution in [-0.4, -0.2) is 29.3 Å². The van der Waals surface area contributed by atoms with E-state index < -0.39 is 28.5 Å². The highest BCUT2D eigenvalue weighted by Gasteiger charge is 2.61. The number of amides is 1. The molecule has 2 unspecified atom stereocenters. The third kappa shape index (κ3) is 2.61. The maximum atomic E-state index is 12.4. The second kappa shape index (κ2) is 6.08. The molecular weight excluding hydrogens is 318 g/mol. The van der Waals surface area contributed by atoms with Gasteiger partial charge in [0.1, 0.15) is 10.4 Å². The van der Waals surface area contributed by atoms with Gasteiger partial charge in [0.2, 0.25) is 11.3 Å². The molecule has 1 fully saturated rings. The first-order valence-corrected chi connectivity index (χ1v) is 8.04. The average molecular weight is 335 g/mol. The Morgan fingerprint density at radius 3 is 2.74 bits per heavy atom. The fourth-order valence-corrected chi connectivity index (χ4v) is 3.82. The average Bonchev–Trinajstić information content (AvgIpc) is 2.95. The molecule has 23 heavy (non-hydrogen) atoms. The summed E-state index contributed by atoms with van der Waals surface area (Å²) in [7, 11) is 0. The summed E-state index contributed by atoms with van der Waals surface area (Å²) in [6.07, 6.45) is -0.228. The third-order valence-corrected chi connectivity index (χ3v) is 5.27. The predicted octanol–water partition coefficient (Wildman–Crippen LogP) is 1.00. The van der Waals surface area contributed by atoms with Crippen molar-refractivity contribution in [1.29, 1.82) is 5.26 Å². The molecule has 122 valence electrons. The van der Waals surface area contributed by atoms with E-state index in [1.165, 1.54) is 11.3 Å². The van der Waals surface area contributed by atoms with Crippen LogP contribution in [0, 0.1) is 23.7 Å². The van der Waals surface area contributed by atoms with Gasteiger partial charge in [0.05, 0.1) is 12.7 Å². The van der Waals surface area contributed by atoms with Crippen LogP contribution >= 0.6 is 11.3 Å². The number of nitriles is 1. The number of Topliss-reactive ketones (excluding diaryl/α,β-unsaturated/α-hetero) is 1. The molecule has 0 radical (unpaired) electrons. The molecular formula is C15H17N3O4S. The highest BCUT2D eigenvalue weighted by atomic mass is 32.1. The number of primary amides is 1. The summed E-state index contributed by atoms with van der Waals surface area (Å²) >= 11 is 1.27. The van der Waals surface area contributed by atoms with Crippen molar-refractivity contribution in [1.82, 2.24) is 4.98 Å². The quantitative estimate of drug-likeness (QED) is 0.647. The number of thiazole rings is 1. The molecule has 1 aliphatic carbocycles. The number of rotatable bonds is 4. The number of esters is 1. The molecule has 1 aromatic heterocycles. The number of aromatic nitrogens is 1. The molecule has 0 saturated heterocycles. The van der Waals surface area contributed by atoms with Crippen molar-refractivity contribution in [3.8, 4) is 6.07 Å². The molecule has 8 heteroatoms. The Morgan fingerprint density at radius 2 is 2.26 bits per heavy atom. The first kappa shape index (κ1) is 17.1. The van der Waals surface area contributed by atoms with Crippen molar-refractivity contribution in [2.24, 2.45) is 11.1 Å². The molecule has 0 aliphatic heterocycles. The maximum Gasteiger partial charge on any atom is 0.329 e. The van der Waals surface area contributed by atoms with Crippen molar-refractivity contribution in [3.05, 3.63) is 16.1 Å². The largest absolute Gasteiger partial charge is 0.465 e. The van der Waals surface area contributed by atoms with E-state index in [0.717, 1.165) is 5.69 Å². The minimum absolute atomic E-state index is 0.0110. The van der Waals surface area contributed by atoms with Gasteiger partial charge in [-0.2, -0.15) is 5.26 Å². The van der Waals surface area contributed by atoms with Crippen molar-refractivity contribution in [2.75, 3.05) is 6.61 Å². The summed E-state index contributed by atoms with van der Waals surface area (Å²) < 4.78 is 4.91. The number of carbonyl (C=O) groups is 3. The number of hydrogen-bond donors (Lipinski definition) is 1. The zero-order valence-corrected chi connectivity index (χ0v) is 13.7. The molecule has 7 nitrogen and oxygen atoms in total. The van der Waals surface area contributed by atoms with Crippen LogP contribution in [0.25, 0.3) is 0 Å². The van der Waals surface area contributed by atoms with Gasteiger partial charge in [0, 0.05) is 23.9 Å². The van der Waals surface area contributed by atoms with Gasteiger partial charge in [-0.05, 0) is 20.3 Å². The smallest absolute Gasteiger partial charge is 0.329 e. The number of ether oxygens (including phenoxy) is 1. The van der Waals surface area contributed by atoms with Crippen LogP contribution in [0.2, 0.25) is 0 Å². The topological polar surface area (TPSA) is 123 Å². The van der Waals surface area contributed by atoms with E-state index in [1.807, 2.05) is 0 Å². The Morgan fingerprint density at radius 1 is 1.57 bits per heavy atom. The van der Waals surface area contributed by atoms with Crippen molar-refractivity contribution < 1.29 is 19.1 Å². The van der Waals surface area contributed by atoms with E-state index in [4.69, 9.17) is 10.5 Å². The van der Waals surface area contributed by atoms with Crippen molar-refractivity contribution >= 4 is 29.0 Å². The van der Waals surface area contributed by atoms with Gasteiger partial charge >= 0.3 is 5.97 Å². The number of nitrogens with zero attached hydrogens (tertiary/aromatic N) is 2. The Balaban J connectivity index is 2.55. The molecule has 2 N–H and O–H groups in total. The lowest BCUT2D eigenvalue weighted by molar-refractivity contribution is -0.167. The summed E-state index contributed by atoms with van der Waals surface area (Å²) in [5.41, 5.74) is 2.81. The monoisotopic (exact) mass is 335 g/mol. The lowest BCUT2D eigenvalue weighted by Crippen LogP contribution is -2.57. The zero-order chi connectivity index (χ0) is 17.3. The fourth-order valence-electron chi connectivity index (χ4n) is 2.84. The van der Waals surface area contributed by atoms with Gasteiger partial charge in [0.15, 0.2) is 5.78 Å². The fraction of sp³-hybridized carbons (Fsp3) is 0.533. The van der Waals surface area contributed by atoms with E-state index >= 15 is 0 Å². The summed E-state index contributed by atoms with van der Waals surface area (Å²) in [6, 6.07) is 2.15. The van der Waals surface area contributed by atoms with Gasteiger partial charge in [0.25, 0.3) is 0 Å². The Hall–Kier alpha value is -2.27. The molecule has 0 bridgehead atoms. The van der Waals surface area contributed by atoms with E-state index in [1.54, 1.807) is 19.2 Å². The van der Waals surface area contributed by atoms with Gasteiger partial charge in [-0.1, -0.05) is 0 Å². The summed E-state index contributed by atoms with van der Waals surface area (Å²) in [5.74, 6) is -2.65. The van der Waals surface area contributed by atoms with Gasteiger partial charge in [-0.15, -0.1) is 11.3 Å². The Kier molecular flexibility index (Phi) is 4.52. The van der Waals surface area contributed by atoms with E-state index in [2.05, 4.69) is 11.1 Å². The zero-order valence-electron chi connectivity index (χ0n) is 12.9. The summed E-state index contributed by atoms with van der Waals surface area (Å²) in [5, 5.41) is 12.0. The lowest BCUT2D eigenvalue weighted by Gasteiger charge is -2.38. The van der Waals surface area contributed by atoms with Crippen LogP contribution in [0.3, 0.4) is 0 Å². The molecule has 1 aromatic rings. The molecule has 1 aliphatic rings. The van der Waals surface area contributed by atoms with Gasteiger partial charge in [-0.25, -0.2) is 4.98 Å². The minimum atomic E-state index is -2.12.